The summed E-state index contributed by atoms with van der Waals surface area (Å²) in [4.78, 5) is 0. The van der Waals surface area contributed by atoms with E-state index in [1.165, 1.54) is 6.42 Å². The van der Waals surface area contributed by atoms with Gasteiger partial charge in [0.1, 0.15) is 0 Å². The van der Waals surface area contributed by atoms with Crippen molar-refractivity contribution in [1.29, 1.82) is 0 Å². The molecule has 0 rings (SSSR count). The molecule has 0 amide bonds. The smallest absolute Gasteiger partial charge is 0.0897 e. The third-order valence-electron chi connectivity index (χ3n) is 2.41. The van der Waals surface area contributed by atoms with Crippen molar-refractivity contribution in [3.63, 3.8) is 0 Å². The molecule has 0 spiro atoms. The van der Waals surface area contributed by atoms with Gasteiger partial charge in [-0.1, -0.05) is 13.3 Å². The van der Waals surface area contributed by atoms with Gasteiger partial charge in [0.25, 0.3) is 0 Å². The second kappa shape index (κ2) is 14.9. The molecule has 1 unspecified atom stereocenters. The average molecular weight is 263 g/mol. The number of hydrogen-bond donors (Lipinski definition) is 2. The molecule has 18 heavy (non-hydrogen) atoms. The SMILES string of the molecule is CCCCOCCCNCC(O)COCCOC. The minimum absolute atomic E-state index is 0.351. The van der Waals surface area contributed by atoms with Crippen LogP contribution >= 0.6 is 0 Å². The van der Waals surface area contributed by atoms with Gasteiger partial charge in [-0.15, -0.1) is 0 Å². The van der Waals surface area contributed by atoms with Crippen LogP contribution in [0, 0.1) is 0 Å². The van der Waals surface area contributed by atoms with Crippen LogP contribution in [0.5, 0.6) is 0 Å². The van der Waals surface area contributed by atoms with Crippen LogP contribution < -0.4 is 5.32 Å². The molecule has 0 aromatic heterocycles. The second-order valence-corrected chi connectivity index (χ2v) is 4.25. The number of methoxy groups -OCH3 is 1. The molecule has 1 atom stereocenters. The lowest BCUT2D eigenvalue weighted by Crippen LogP contribution is -2.31. The van der Waals surface area contributed by atoms with Gasteiger partial charge in [-0.05, 0) is 19.4 Å². The minimum atomic E-state index is -0.456. The summed E-state index contributed by atoms with van der Waals surface area (Å²) in [6.45, 7) is 6.65. The number of nitrogens with one attached hydrogen (secondary N) is 1. The van der Waals surface area contributed by atoms with Crippen molar-refractivity contribution in [2.45, 2.75) is 32.3 Å². The molecule has 0 bridgehead atoms. The first-order chi connectivity index (χ1) is 8.81. The fraction of sp³-hybridized carbons (Fsp3) is 1.00. The molecular weight excluding hydrogens is 234 g/mol. The van der Waals surface area contributed by atoms with Crippen LogP contribution in [0.2, 0.25) is 0 Å². The lowest BCUT2D eigenvalue weighted by atomic mass is 10.3. The van der Waals surface area contributed by atoms with E-state index in [1.807, 2.05) is 0 Å². The summed E-state index contributed by atoms with van der Waals surface area (Å²) in [6, 6.07) is 0. The largest absolute Gasteiger partial charge is 0.389 e. The number of rotatable bonds is 14. The number of ether oxygens (including phenoxy) is 3. The van der Waals surface area contributed by atoms with Crippen LogP contribution in [-0.4, -0.2) is 64.4 Å². The Balaban J connectivity index is 3.08. The van der Waals surface area contributed by atoms with E-state index in [0.717, 1.165) is 32.6 Å². The Morgan fingerprint density at radius 3 is 2.56 bits per heavy atom. The van der Waals surface area contributed by atoms with E-state index in [1.54, 1.807) is 7.11 Å². The van der Waals surface area contributed by atoms with Crippen LogP contribution in [0.1, 0.15) is 26.2 Å². The van der Waals surface area contributed by atoms with E-state index in [9.17, 15) is 5.11 Å². The molecule has 0 saturated heterocycles. The van der Waals surface area contributed by atoms with Gasteiger partial charge in [0.05, 0.1) is 25.9 Å². The Bertz CT molecular complexity index is 158. The molecule has 0 heterocycles. The summed E-state index contributed by atoms with van der Waals surface area (Å²) in [5.41, 5.74) is 0. The first-order valence-electron chi connectivity index (χ1n) is 6.84. The summed E-state index contributed by atoms with van der Waals surface area (Å²) in [6.07, 6.45) is 2.82. The van der Waals surface area contributed by atoms with Crippen LogP contribution in [0.3, 0.4) is 0 Å². The van der Waals surface area contributed by atoms with Crippen LogP contribution in [0.15, 0.2) is 0 Å². The molecule has 2 N–H and O–H groups in total. The highest BCUT2D eigenvalue weighted by Gasteiger charge is 2.02. The van der Waals surface area contributed by atoms with Gasteiger partial charge in [0.2, 0.25) is 0 Å². The van der Waals surface area contributed by atoms with Gasteiger partial charge < -0.3 is 24.6 Å². The number of unbranched alkanes of at least 4 members (excludes halogenated alkanes) is 1. The summed E-state index contributed by atoms with van der Waals surface area (Å²) in [7, 11) is 1.63. The molecule has 0 fully saturated rings. The Kier molecular flexibility index (Phi) is 14.7. The van der Waals surface area contributed by atoms with Crippen molar-refractivity contribution >= 4 is 0 Å². The maximum Gasteiger partial charge on any atom is 0.0897 e. The second-order valence-electron chi connectivity index (χ2n) is 4.25. The number of aliphatic hydroxyl groups is 1. The predicted molar refractivity (Wildman–Crippen MR) is 71.9 cm³/mol. The molecule has 5 nitrogen and oxygen atoms in total. The van der Waals surface area contributed by atoms with Crippen molar-refractivity contribution in [1.82, 2.24) is 5.32 Å². The summed E-state index contributed by atoms with van der Waals surface area (Å²) < 4.78 is 15.5. The Morgan fingerprint density at radius 2 is 1.83 bits per heavy atom. The molecule has 110 valence electrons. The van der Waals surface area contributed by atoms with E-state index in [2.05, 4.69) is 12.2 Å². The molecule has 0 aliphatic carbocycles. The quantitative estimate of drug-likeness (QED) is 0.454. The van der Waals surface area contributed by atoms with Crippen LogP contribution in [-0.2, 0) is 14.2 Å². The predicted octanol–water partition coefficient (Wildman–Crippen LogP) is 0.807. The third kappa shape index (κ3) is 13.9. The summed E-state index contributed by atoms with van der Waals surface area (Å²) >= 11 is 0. The molecule has 0 aromatic carbocycles. The highest BCUT2D eigenvalue weighted by molar-refractivity contribution is 4.58. The highest BCUT2D eigenvalue weighted by atomic mass is 16.5. The third-order valence-corrected chi connectivity index (χ3v) is 2.41. The topological polar surface area (TPSA) is 60.0 Å². The lowest BCUT2D eigenvalue weighted by Gasteiger charge is -2.12. The zero-order valence-electron chi connectivity index (χ0n) is 11.8. The van der Waals surface area contributed by atoms with E-state index >= 15 is 0 Å². The van der Waals surface area contributed by atoms with Crippen molar-refractivity contribution in [3.05, 3.63) is 0 Å². The average Bonchev–Trinajstić information content (AvgIpc) is 2.38. The van der Waals surface area contributed by atoms with Crippen LogP contribution in [0.4, 0.5) is 0 Å². The fourth-order valence-electron chi connectivity index (χ4n) is 1.34. The monoisotopic (exact) mass is 263 g/mol. The van der Waals surface area contributed by atoms with E-state index in [0.29, 0.717) is 26.4 Å². The molecule has 5 heteroatoms. The van der Waals surface area contributed by atoms with E-state index in [4.69, 9.17) is 14.2 Å². The van der Waals surface area contributed by atoms with Crippen molar-refractivity contribution in [2.75, 3.05) is 53.2 Å². The first kappa shape index (κ1) is 17.8. The summed E-state index contributed by atoms with van der Waals surface area (Å²) in [5, 5.41) is 12.7. The van der Waals surface area contributed by atoms with E-state index < -0.39 is 6.10 Å². The molecule has 0 saturated carbocycles. The standard InChI is InChI=1S/C13H29NO4/c1-3-4-7-17-8-5-6-14-11-13(15)12-18-10-9-16-2/h13-15H,3-12H2,1-2H3. The van der Waals surface area contributed by atoms with Crippen molar-refractivity contribution in [3.8, 4) is 0 Å². The maximum absolute atomic E-state index is 9.56. The van der Waals surface area contributed by atoms with Gasteiger partial charge in [-0.3, -0.25) is 0 Å². The Morgan fingerprint density at radius 1 is 1.06 bits per heavy atom. The molecule has 0 aliphatic heterocycles. The molecule has 0 aliphatic rings. The zero-order chi connectivity index (χ0) is 13.5. The minimum Gasteiger partial charge on any atom is -0.389 e. The molecular formula is C13H29NO4. The highest BCUT2D eigenvalue weighted by Crippen LogP contribution is 1.89. The van der Waals surface area contributed by atoms with Gasteiger partial charge in [0, 0.05) is 26.9 Å². The first-order valence-corrected chi connectivity index (χ1v) is 6.84. The Labute approximate surface area is 111 Å². The van der Waals surface area contributed by atoms with E-state index in [-0.39, 0.29) is 0 Å². The maximum atomic E-state index is 9.56. The van der Waals surface area contributed by atoms with Crippen molar-refractivity contribution in [2.24, 2.45) is 0 Å². The summed E-state index contributed by atoms with van der Waals surface area (Å²) in [5.74, 6) is 0. The van der Waals surface area contributed by atoms with Gasteiger partial charge in [-0.2, -0.15) is 0 Å². The lowest BCUT2D eigenvalue weighted by molar-refractivity contribution is 0.0136. The van der Waals surface area contributed by atoms with Gasteiger partial charge in [0.15, 0.2) is 0 Å². The normalized spacial score (nSPS) is 12.8. The van der Waals surface area contributed by atoms with Gasteiger partial charge in [-0.25, -0.2) is 0 Å². The zero-order valence-corrected chi connectivity index (χ0v) is 11.8. The Hall–Kier alpha value is -0.200. The van der Waals surface area contributed by atoms with Crippen molar-refractivity contribution < 1.29 is 19.3 Å². The number of aliphatic hydroxyl groups excluding tert-OH is 1. The molecule has 0 radical (unpaired) electrons. The van der Waals surface area contributed by atoms with Gasteiger partial charge >= 0.3 is 0 Å². The number of hydrogen-bond acceptors (Lipinski definition) is 5. The van der Waals surface area contributed by atoms with Crippen LogP contribution in [0.25, 0.3) is 0 Å². The fourth-order valence-corrected chi connectivity index (χ4v) is 1.34. The molecule has 0 aromatic rings.